The summed E-state index contributed by atoms with van der Waals surface area (Å²) in [5.41, 5.74) is 0. The molecule has 5 heteroatoms. The first-order valence-electron chi connectivity index (χ1n) is 9.85. The van der Waals surface area contributed by atoms with Crippen LogP contribution in [0.25, 0.3) is 0 Å². The summed E-state index contributed by atoms with van der Waals surface area (Å²) < 4.78 is 0. The summed E-state index contributed by atoms with van der Waals surface area (Å²) in [6.07, 6.45) is 17.4. The quantitative estimate of drug-likeness (QED) is 0.390. The third-order valence-corrected chi connectivity index (χ3v) is 4.79. The average molecular weight is 379 g/mol. The number of hydrogen-bond donors (Lipinski definition) is 4. The van der Waals surface area contributed by atoms with Crippen molar-refractivity contribution < 1.29 is 25.2 Å². The number of rotatable bonds is 12. The first-order chi connectivity index (χ1) is 13.0. The highest BCUT2D eigenvalue weighted by Crippen LogP contribution is 2.36. The Morgan fingerprint density at radius 3 is 2.52 bits per heavy atom. The smallest absolute Gasteiger partial charge is 0.303 e. The van der Waals surface area contributed by atoms with Crippen LogP contribution in [0.1, 0.15) is 51.9 Å². The number of carboxylic acids is 1. The van der Waals surface area contributed by atoms with Gasteiger partial charge >= 0.3 is 5.97 Å². The van der Waals surface area contributed by atoms with Crippen molar-refractivity contribution in [1.29, 1.82) is 0 Å². The Bertz CT molecular complexity index is 535. The van der Waals surface area contributed by atoms with E-state index in [0.29, 0.717) is 25.7 Å². The summed E-state index contributed by atoms with van der Waals surface area (Å²) in [6.45, 7) is 2.09. The Hall–Kier alpha value is -1.69. The maximum Gasteiger partial charge on any atom is 0.303 e. The molecule has 1 rings (SSSR count). The molecule has 0 aromatic heterocycles. The number of carbonyl (C=O) groups is 1. The third kappa shape index (κ3) is 9.70. The van der Waals surface area contributed by atoms with Crippen molar-refractivity contribution in [3.05, 3.63) is 48.6 Å². The van der Waals surface area contributed by atoms with Crippen LogP contribution in [-0.4, -0.2) is 44.7 Å². The van der Waals surface area contributed by atoms with Crippen LogP contribution in [0.15, 0.2) is 48.6 Å². The molecule has 0 bridgehead atoms. The van der Waals surface area contributed by atoms with Gasteiger partial charge in [0.05, 0.1) is 18.3 Å². The Balaban J connectivity index is 2.49. The van der Waals surface area contributed by atoms with Crippen molar-refractivity contribution in [2.45, 2.75) is 70.2 Å². The van der Waals surface area contributed by atoms with Crippen LogP contribution < -0.4 is 0 Å². The van der Waals surface area contributed by atoms with Crippen LogP contribution in [0.2, 0.25) is 0 Å². The van der Waals surface area contributed by atoms with Gasteiger partial charge in [-0.05, 0) is 38.0 Å². The maximum atomic E-state index is 10.4. The number of aliphatic hydroxyl groups is 3. The summed E-state index contributed by atoms with van der Waals surface area (Å²) in [7, 11) is 0. The van der Waals surface area contributed by atoms with Gasteiger partial charge in [-0.15, -0.1) is 0 Å². The van der Waals surface area contributed by atoms with Gasteiger partial charge in [0, 0.05) is 18.8 Å². The number of carboxylic acid groups (broad SMARTS) is 1. The molecule has 27 heavy (non-hydrogen) atoms. The fourth-order valence-corrected chi connectivity index (χ4v) is 3.29. The molecule has 5 nitrogen and oxygen atoms in total. The van der Waals surface area contributed by atoms with E-state index in [4.69, 9.17) is 5.11 Å². The van der Waals surface area contributed by atoms with Gasteiger partial charge in [-0.1, -0.05) is 55.5 Å². The summed E-state index contributed by atoms with van der Waals surface area (Å²) in [6, 6.07) is 0. The van der Waals surface area contributed by atoms with Crippen LogP contribution in [0.4, 0.5) is 0 Å². The number of aliphatic carboxylic acids is 1. The van der Waals surface area contributed by atoms with Gasteiger partial charge in [0.15, 0.2) is 0 Å². The minimum Gasteiger partial charge on any atom is -0.481 e. The molecule has 5 atom stereocenters. The minimum absolute atomic E-state index is 0.0547. The maximum absolute atomic E-state index is 10.4. The molecule has 152 valence electrons. The second kappa shape index (κ2) is 13.5. The Morgan fingerprint density at radius 1 is 1.07 bits per heavy atom. The summed E-state index contributed by atoms with van der Waals surface area (Å²) in [5, 5.41) is 39.0. The van der Waals surface area contributed by atoms with E-state index in [0.717, 1.165) is 12.8 Å². The lowest BCUT2D eigenvalue weighted by atomic mass is 9.89. The Labute approximate surface area is 162 Å². The SMILES string of the molecule is CC/C=C\C/C=C\C[C@@H]1[C@@H](/C=C/[C@H](O)C/C=C\CCC(=O)O)[C@H](O)C[C@@H]1O. The molecule has 0 aromatic rings. The van der Waals surface area contributed by atoms with Crippen LogP contribution in [0, 0.1) is 11.8 Å². The summed E-state index contributed by atoms with van der Waals surface area (Å²) in [5.74, 6) is -1.07. The predicted molar refractivity (Wildman–Crippen MR) is 107 cm³/mol. The molecule has 0 unspecified atom stereocenters. The van der Waals surface area contributed by atoms with Crippen molar-refractivity contribution in [1.82, 2.24) is 0 Å². The molecular formula is C22H34O5. The molecule has 4 N–H and O–H groups in total. The summed E-state index contributed by atoms with van der Waals surface area (Å²) in [4.78, 5) is 10.4. The molecular weight excluding hydrogens is 344 g/mol. The fraction of sp³-hybridized carbons (Fsp3) is 0.591. The molecule has 1 aliphatic carbocycles. The molecule has 0 heterocycles. The van der Waals surface area contributed by atoms with Crippen molar-refractivity contribution in [2.75, 3.05) is 0 Å². The molecule has 0 spiro atoms. The Morgan fingerprint density at radius 2 is 1.81 bits per heavy atom. The molecule has 0 radical (unpaired) electrons. The van der Waals surface area contributed by atoms with Gasteiger partial charge in [-0.2, -0.15) is 0 Å². The van der Waals surface area contributed by atoms with Gasteiger partial charge in [0.2, 0.25) is 0 Å². The highest BCUT2D eigenvalue weighted by molar-refractivity contribution is 5.66. The van der Waals surface area contributed by atoms with Gasteiger partial charge in [0.1, 0.15) is 0 Å². The molecule has 0 aromatic carbocycles. The standard InChI is InChI=1S/C22H34O5/c1-2-3-4-5-6-9-12-18-19(21(25)16-20(18)24)15-14-17(23)11-8-7-10-13-22(26)27/h3-4,6-9,14-15,17-21,23-25H,2,5,10-13,16H2,1H3,(H,26,27)/b4-3-,8-7-,9-6-,15-14+/t17-,18-,19-,20+,21-/m1/s1. The highest BCUT2D eigenvalue weighted by atomic mass is 16.4. The van der Waals surface area contributed by atoms with Crippen molar-refractivity contribution in [3.8, 4) is 0 Å². The number of hydrogen-bond acceptors (Lipinski definition) is 4. The van der Waals surface area contributed by atoms with E-state index < -0.39 is 24.3 Å². The van der Waals surface area contributed by atoms with E-state index in [1.165, 1.54) is 0 Å². The topological polar surface area (TPSA) is 98.0 Å². The lowest BCUT2D eigenvalue weighted by molar-refractivity contribution is -0.136. The van der Waals surface area contributed by atoms with E-state index in [1.54, 1.807) is 18.2 Å². The molecule has 0 amide bonds. The van der Waals surface area contributed by atoms with Crippen molar-refractivity contribution >= 4 is 5.97 Å². The van der Waals surface area contributed by atoms with Gasteiger partial charge in [0.25, 0.3) is 0 Å². The van der Waals surface area contributed by atoms with Gasteiger partial charge in [-0.3, -0.25) is 4.79 Å². The molecule has 0 aliphatic heterocycles. The minimum atomic E-state index is -0.838. The largest absolute Gasteiger partial charge is 0.481 e. The third-order valence-electron chi connectivity index (χ3n) is 4.79. The zero-order chi connectivity index (χ0) is 20.1. The highest BCUT2D eigenvalue weighted by Gasteiger charge is 2.39. The number of allylic oxidation sites excluding steroid dienone is 5. The first-order valence-corrected chi connectivity index (χ1v) is 9.85. The van der Waals surface area contributed by atoms with E-state index in [2.05, 4.69) is 25.2 Å². The van der Waals surface area contributed by atoms with Gasteiger partial charge < -0.3 is 20.4 Å². The number of aliphatic hydroxyl groups excluding tert-OH is 3. The van der Waals surface area contributed by atoms with Crippen LogP contribution in [-0.2, 0) is 4.79 Å². The van der Waals surface area contributed by atoms with Crippen LogP contribution in [0.5, 0.6) is 0 Å². The average Bonchev–Trinajstić information content (AvgIpc) is 2.88. The normalized spacial score (nSPS) is 27.6. The monoisotopic (exact) mass is 378 g/mol. The second-order valence-corrected chi connectivity index (χ2v) is 7.03. The van der Waals surface area contributed by atoms with Crippen molar-refractivity contribution in [3.63, 3.8) is 0 Å². The van der Waals surface area contributed by atoms with Crippen LogP contribution >= 0.6 is 0 Å². The van der Waals surface area contributed by atoms with Crippen molar-refractivity contribution in [2.24, 2.45) is 11.8 Å². The van der Waals surface area contributed by atoms with Crippen LogP contribution in [0.3, 0.4) is 0 Å². The predicted octanol–water partition coefficient (Wildman–Crippen LogP) is 3.38. The molecule has 1 aliphatic rings. The van der Waals surface area contributed by atoms with E-state index in [1.807, 2.05) is 12.2 Å². The molecule has 1 saturated carbocycles. The zero-order valence-electron chi connectivity index (χ0n) is 16.2. The van der Waals surface area contributed by atoms with E-state index in [-0.39, 0.29) is 18.3 Å². The van der Waals surface area contributed by atoms with E-state index >= 15 is 0 Å². The summed E-state index contributed by atoms with van der Waals surface area (Å²) >= 11 is 0. The molecule has 1 fully saturated rings. The first kappa shape index (κ1) is 23.3. The molecule has 0 saturated heterocycles. The second-order valence-electron chi connectivity index (χ2n) is 7.03. The zero-order valence-corrected chi connectivity index (χ0v) is 16.2. The lowest BCUT2D eigenvalue weighted by Gasteiger charge is -2.19. The Kier molecular flexibility index (Phi) is 11.7. The fourth-order valence-electron chi connectivity index (χ4n) is 3.29. The lowest BCUT2D eigenvalue weighted by Crippen LogP contribution is -2.20. The van der Waals surface area contributed by atoms with Gasteiger partial charge in [-0.25, -0.2) is 0 Å². The van der Waals surface area contributed by atoms with E-state index in [9.17, 15) is 20.1 Å².